The highest BCUT2D eigenvalue weighted by Crippen LogP contribution is 2.27. The first kappa shape index (κ1) is 12.8. The maximum atomic E-state index is 11.4. The Morgan fingerprint density at radius 1 is 1.39 bits per heavy atom. The van der Waals surface area contributed by atoms with Gasteiger partial charge in [-0.25, -0.2) is 4.98 Å². The van der Waals surface area contributed by atoms with Gasteiger partial charge in [0.25, 0.3) is 5.22 Å². The van der Waals surface area contributed by atoms with Crippen molar-refractivity contribution < 1.29 is 9.21 Å². The van der Waals surface area contributed by atoms with Crippen molar-refractivity contribution in [1.29, 1.82) is 0 Å². The smallest absolute Gasteiger partial charge is 0.261 e. The third kappa shape index (κ3) is 2.79. The third-order valence-corrected chi connectivity index (χ3v) is 3.38. The molecule has 18 heavy (non-hydrogen) atoms. The normalized spacial score (nSPS) is 10.6. The lowest BCUT2D eigenvalue weighted by Crippen LogP contribution is -1.99. The summed E-state index contributed by atoms with van der Waals surface area (Å²) in [5.74, 6) is 0.873. The van der Waals surface area contributed by atoms with Gasteiger partial charge >= 0.3 is 0 Å². The molecule has 0 aliphatic rings. The number of hydrogen-bond acceptors (Lipinski definition) is 5. The second-order valence-electron chi connectivity index (χ2n) is 3.88. The highest BCUT2D eigenvalue weighted by atomic mass is 32.2. The molecule has 0 aliphatic carbocycles. The summed E-state index contributed by atoms with van der Waals surface area (Å²) >= 11 is 1.40. The fourth-order valence-corrected chi connectivity index (χ4v) is 2.17. The Hall–Kier alpha value is -1.62. The molecule has 2 rings (SSSR count). The fraction of sp³-hybridized carbons (Fsp3) is 0.308. The maximum Gasteiger partial charge on any atom is 0.261 e. The highest BCUT2D eigenvalue weighted by Gasteiger charge is 2.09. The van der Waals surface area contributed by atoms with E-state index in [1.165, 1.54) is 11.8 Å². The van der Waals surface area contributed by atoms with Crippen LogP contribution in [0.1, 0.15) is 35.3 Å². The molecule has 0 atom stereocenters. The number of Topliss-reactive ketones (excluding diaryl/α,β-unsaturated/α-hetero) is 1. The summed E-state index contributed by atoms with van der Waals surface area (Å²) in [4.78, 5) is 20.8. The molecule has 0 bridgehead atoms. The number of ketones is 1. The van der Waals surface area contributed by atoms with Gasteiger partial charge in [0.05, 0.1) is 5.69 Å². The van der Waals surface area contributed by atoms with E-state index in [1.54, 1.807) is 12.3 Å². The van der Waals surface area contributed by atoms with Gasteiger partial charge in [0.15, 0.2) is 5.78 Å². The lowest BCUT2D eigenvalue weighted by Gasteiger charge is -1.99. The van der Waals surface area contributed by atoms with E-state index in [9.17, 15) is 4.79 Å². The predicted octanol–water partition coefficient (Wildman–Crippen LogP) is 3.43. The molecule has 2 heterocycles. The van der Waals surface area contributed by atoms with Gasteiger partial charge in [0, 0.05) is 17.5 Å². The number of pyridine rings is 1. The Labute approximate surface area is 110 Å². The van der Waals surface area contributed by atoms with Gasteiger partial charge in [0.1, 0.15) is 11.5 Å². The molecule has 0 spiro atoms. The molecule has 0 amide bonds. The van der Waals surface area contributed by atoms with Gasteiger partial charge in [-0.2, -0.15) is 0 Å². The molecular weight excluding hydrogens is 248 g/mol. The van der Waals surface area contributed by atoms with Crippen molar-refractivity contribution in [1.82, 2.24) is 9.97 Å². The molecule has 0 radical (unpaired) electrons. The first-order chi connectivity index (χ1) is 8.60. The molecule has 2 aromatic rings. The molecule has 0 unspecified atom stereocenters. The average molecular weight is 262 g/mol. The molecule has 0 N–H and O–H groups in total. The Morgan fingerprint density at radius 3 is 2.67 bits per heavy atom. The topological polar surface area (TPSA) is 56.0 Å². The quantitative estimate of drug-likeness (QED) is 0.790. The van der Waals surface area contributed by atoms with Gasteiger partial charge in [-0.1, -0.05) is 6.92 Å². The molecular formula is C13H14N2O2S. The van der Waals surface area contributed by atoms with Crippen LogP contribution in [0.4, 0.5) is 0 Å². The van der Waals surface area contributed by atoms with E-state index in [0.717, 1.165) is 16.3 Å². The van der Waals surface area contributed by atoms with Gasteiger partial charge in [-0.05, 0) is 37.7 Å². The number of aromatic nitrogens is 2. The zero-order chi connectivity index (χ0) is 13.1. The Morgan fingerprint density at radius 2 is 2.17 bits per heavy atom. The van der Waals surface area contributed by atoms with Crippen molar-refractivity contribution in [3.63, 3.8) is 0 Å². The summed E-state index contributed by atoms with van der Waals surface area (Å²) in [6.45, 7) is 5.61. The summed E-state index contributed by atoms with van der Waals surface area (Å²) < 4.78 is 5.47. The molecule has 0 saturated carbocycles. The van der Waals surface area contributed by atoms with Crippen molar-refractivity contribution in [3.05, 3.63) is 35.5 Å². The van der Waals surface area contributed by atoms with E-state index >= 15 is 0 Å². The lowest BCUT2D eigenvalue weighted by atomic mass is 10.2. The van der Waals surface area contributed by atoms with Crippen LogP contribution in [0.25, 0.3) is 0 Å². The highest BCUT2D eigenvalue weighted by molar-refractivity contribution is 7.99. The van der Waals surface area contributed by atoms with Gasteiger partial charge in [-0.3, -0.25) is 9.78 Å². The van der Waals surface area contributed by atoms with Crippen LogP contribution >= 0.6 is 11.8 Å². The van der Waals surface area contributed by atoms with Gasteiger partial charge in [-0.15, -0.1) is 0 Å². The molecule has 4 nitrogen and oxygen atoms in total. The van der Waals surface area contributed by atoms with Crippen LogP contribution in [0.5, 0.6) is 0 Å². The minimum Gasteiger partial charge on any atom is -0.436 e. The number of nitrogens with zero attached hydrogens (tertiary/aromatic N) is 2. The molecule has 0 aliphatic heterocycles. The summed E-state index contributed by atoms with van der Waals surface area (Å²) in [5, 5.41) is 0.598. The van der Waals surface area contributed by atoms with Crippen LogP contribution in [0, 0.1) is 13.8 Å². The number of oxazole rings is 1. The third-order valence-electron chi connectivity index (χ3n) is 2.56. The number of rotatable bonds is 4. The van der Waals surface area contributed by atoms with E-state index in [4.69, 9.17) is 4.42 Å². The first-order valence-electron chi connectivity index (χ1n) is 5.71. The predicted molar refractivity (Wildman–Crippen MR) is 69.0 cm³/mol. The number of carbonyl (C=O) groups excluding carboxylic acids is 1. The van der Waals surface area contributed by atoms with E-state index in [1.807, 2.05) is 26.8 Å². The average Bonchev–Trinajstić information content (AvgIpc) is 2.68. The summed E-state index contributed by atoms with van der Waals surface area (Å²) in [5.41, 5.74) is 1.39. The zero-order valence-electron chi connectivity index (χ0n) is 10.6. The van der Waals surface area contributed by atoms with Crippen LogP contribution in [-0.4, -0.2) is 15.8 Å². The monoisotopic (exact) mass is 262 g/mol. The number of hydrogen-bond donors (Lipinski definition) is 0. The summed E-state index contributed by atoms with van der Waals surface area (Å²) in [7, 11) is 0. The number of aryl methyl sites for hydroxylation is 2. The van der Waals surface area contributed by atoms with Crippen molar-refractivity contribution in [2.75, 3.05) is 0 Å². The summed E-state index contributed by atoms with van der Waals surface area (Å²) in [6, 6.07) is 3.59. The maximum absolute atomic E-state index is 11.4. The Balaban J connectivity index is 2.13. The first-order valence-corrected chi connectivity index (χ1v) is 6.53. The molecule has 94 valence electrons. The van der Waals surface area contributed by atoms with Crippen LogP contribution in [0.15, 0.2) is 32.9 Å². The summed E-state index contributed by atoms with van der Waals surface area (Å²) in [6.07, 6.45) is 2.14. The van der Waals surface area contributed by atoms with Gasteiger partial charge in [0.2, 0.25) is 0 Å². The standard InChI is InChI=1S/C13H14N2O2S/c1-4-12(16)11-6-5-10(7-14-11)18-13-15-8(2)9(3)17-13/h5-7H,4H2,1-3H3. The molecule has 5 heteroatoms. The van der Waals surface area contributed by atoms with E-state index in [2.05, 4.69) is 9.97 Å². The van der Waals surface area contributed by atoms with E-state index in [-0.39, 0.29) is 5.78 Å². The van der Waals surface area contributed by atoms with Gasteiger partial charge < -0.3 is 4.42 Å². The molecule has 0 fully saturated rings. The SMILES string of the molecule is CCC(=O)c1ccc(Sc2nc(C)c(C)o2)cn1. The second kappa shape index (κ2) is 5.35. The van der Waals surface area contributed by atoms with Crippen molar-refractivity contribution in [2.24, 2.45) is 0 Å². The van der Waals surface area contributed by atoms with E-state index < -0.39 is 0 Å². The van der Waals surface area contributed by atoms with Crippen molar-refractivity contribution >= 4 is 17.5 Å². The fourth-order valence-electron chi connectivity index (χ4n) is 1.37. The second-order valence-corrected chi connectivity index (χ2v) is 4.90. The minimum absolute atomic E-state index is 0.0503. The molecule has 0 saturated heterocycles. The van der Waals surface area contributed by atoms with Crippen molar-refractivity contribution in [3.8, 4) is 0 Å². The van der Waals surface area contributed by atoms with Crippen molar-refractivity contribution in [2.45, 2.75) is 37.3 Å². The van der Waals surface area contributed by atoms with Crippen LogP contribution in [0.3, 0.4) is 0 Å². The largest absolute Gasteiger partial charge is 0.436 e. The minimum atomic E-state index is 0.0503. The zero-order valence-corrected chi connectivity index (χ0v) is 11.4. The van der Waals surface area contributed by atoms with Crippen LogP contribution < -0.4 is 0 Å². The lowest BCUT2D eigenvalue weighted by molar-refractivity contribution is 0.0983. The van der Waals surface area contributed by atoms with Crippen LogP contribution in [-0.2, 0) is 0 Å². The number of carbonyl (C=O) groups is 1. The van der Waals surface area contributed by atoms with E-state index in [0.29, 0.717) is 17.3 Å². The Bertz CT molecular complexity index is 541. The Kier molecular flexibility index (Phi) is 3.81. The molecule has 2 aromatic heterocycles. The van der Waals surface area contributed by atoms with Crippen LogP contribution in [0.2, 0.25) is 0 Å². The molecule has 0 aromatic carbocycles.